The Labute approximate surface area is 160 Å². The Hall–Kier alpha value is -2.39. The number of aliphatic hydroxyl groups is 1. The van der Waals surface area contributed by atoms with Gasteiger partial charge in [-0.05, 0) is 23.8 Å². The Morgan fingerprint density at radius 1 is 1.11 bits per heavy atom. The van der Waals surface area contributed by atoms with E-state index in [1.54, 1.807) is 30.3 Å². The predicted octanol–water partition coefficient (Wildman–Crippen LogP) is 2.80. The van der Waals surface area contributed by atoms with Gasteiger partial charge in [-0.2, -0.15) is 13.2 Å². The number of alkyl halides is 3. The lowest BCUT2D eigenvalue weighted by Gasteiger charge is -2.26. The van der Waals surface area contributed by atoms with Crippen molar-refractivity contribution in [3.63, 3.8) is 0 Å². The molecular formula is C19H18F3NO4S. The molecule has 0 bridgehead atoms. The molecule has 3 rings (SSSR count). The van der Waals surface area contributed by atoms with E-state index in [1.165, 1.54) is 18.2 Å². The second-order valence-corrected chi connectivity index (χ2v) is 8.77. The molecule has 0 aromatic heterocycles. The van der Waals surface area contributed by atoms with E-state index in [0.717, 1.165) is 11.0 Å². The largest absolute Gasteiger partial charge is 0.419 e. The fourth-order valence-corrected chi connectivity index (χ4v) is 4.47. The van der Waals surface area contributed by atoms with Crippen LogP contribution >= 0.6 is 0 Å². The molecule has 0 saturated carbocycles. The summed E-state index contributed by atoms with van der Waals surface area (Å²) in [5.41, 5.74) is -2.41. The second kappa shape index (κ2) is 7.21. The third-order valence-corrected chi connectivity index (χ3v) is 6.39. The molecular weight excluding hydrogens is 395 g/mol. The smallest absolute Gasteiger partial charge is 0.379 e. The Balaban J connectivity index is 1.81. The van der Waals surface area contributed by atoms with Gasteiger partial charge in [0.1, 0.15) is 0 Å². The average molecular weight is 413 g/mol. The fourth-order valence-electron chi connectivity index (χ4n) is 3.08. The van der Waals surface area contributed by atoms with Crippen LogP contribution in [0.5, 0.6) is 0 Å². The van der Waals surface area contributed by atoms with Crippen LogP contribution in [0.1, 0.15) is 22.3 Å². The number of nitrogens with zero attached hydrogens (tertiary/aromatic N) is 1. The van der Waals surface area contributed by atoms with Crippen molar-refractivity contribution in [1.29, 1.82) is 0 Å². The number of benzene rings is 2. The zero-order chi connectivity index (χ0) is 20.6. The van der Waals surface area contributed by atoms with Crippen molar-refractivity contribution in [2.75, 3.05) is 13.1 Å². The van der Waals surface area contributed by atoms with Gasteiger partial charge in [-0.15, -0.1) is 0 Å². The Morgan fingerprint density at radius 3 is 2.39 bits per heavy atom. The number of halogens is 3. The molecule has 0 radical (unpaired) electrons. The summed E-state index contributed by atoms with van der Waals surface area (Å²) in [6, 6.07) is 13.7. The summed E-state index contributed by atoms with van der Waals surface area (Å²) in [4.78, 5) is 13.3. The number of rotatable bonds is 4. The number of likely N-dealkylation sites (tertiary alicyclic amines) is 1. The van der Waals surface area contributed by atoms with Crippen LogP contribution < -0.4 is 0 Å². The van der Waals surface area contributed by atoms with Gasteiger partial charge in [0, 0.05) is 18.5 Å². The molecule has 150 valence electrons. The lowest BCUT2D eigenvalue weighted by Crippen LogP contribution is -2.48. The molecule has 1 fully saturated rings. The van der Waals surface area contributed by atoms with E-state index in [4.69, 9.17) is 0 Å². The van der Waals surface area contributed by atoms with Crippen LogP contribution in [0.15, 0.2) is 59.5 Å². The Kier molecular flexibility index (Phi) is 5.24. The van der Waals surface area contributed by atoms with Crippen molar-refractivity contribution >= 4 is 15.7 Å². The molecule has 1 amide bonds. The molecule has 0 unspecified atom stereocenters. The van der Waals surface area contributed by atoms with Gasteiger partial charge >= 0.3 is 6.18 Å². The molecule has 1 aliphatic heterocycles. The molecule has 1 heterocycles. The van der Waals surface area contributed by atoms with Gasteiger partial charge in [0.25, 0.3) is 5.91 Å². The van der Waals surface area contributed by atoms with E-state index in [0.29, 0.717) is 5.56 Å². The molecule has 28 heavy (non-hydrogen) atoms. The molecule has 0 aliphatic carbocycles. The highest BCUT2D eigenvalue weighted by atomic mass is 32.2. The summed E-state index contributed by atoms with van der Waals surface area (Å²) in [7, 11) is -3.74. The number of hydrogen-bond donors (Lipinski definition) is 1. The minimum Gasteiger partial charge on any atom is -0.379 e. The third kappa shape index (κ3) is 4.05. The minimum absolute atomic E-state index is 0.0411. The van der Waals surface area contributed by atoms with Gasteiger partial charge in [-0.1, -0.05) is 36.4 Å². The zero-order valence-corrected chi connectivity index (χ0v) is 15.5. The first-order valence-electron chi connectivity index (χ1n) is 8.47. The number of hydrogen-bond acceptors (Lipinski definition) is 4. The highest BCUT2D eigenvalue weighted by molar-refractivity contribution is 7.90. The van der Waals surface area contributed by atoms with Gasteiger partial charge in [-0.3, -0.25) is 4.79 Å². The average Bonchev–Trinajstić information content (AvgIpc) is 3.05. The highest BCUT2D eigenvalue weighted by Crippen LogP contribution is 2.38. The van der Waals surface area contributed by atoms with Crippen LogP contribution in [0.25, 0.3) is 0 Å². The van der Waals surface area contributed by atoms with Gasteiger partial charge in [0.05, 0.1) is 17.2 Å². The van der Waals surface area contributed by atoms with E-state index in [2.05, 4.69) is 0 Å². The summed E-state index contributed by atoms with van der Waals surface area (Å²) >= 11 is 0. The van der Waals surface area contributed by atoms with Crippen molar-refractivity contribution in [2.24, 2.45) is 0 Å². The first-order valence-corrected chi connectivity index (χ1v) is 10.1. The molecule has 1 saturated heterocycles. The van der Waals surface area contributed by atoms with Gasteiger partial charge < -0.3 is 10.0 Å². The van der Waals surface area contributed by atoms with Crippen molar-refractivity contribution in [2.45, 2.75) is 28.8 Å². The number of amides is 1. The van der Waals surface area contributed by atoms with Crippen molar-refractivity contribution in [1.82, 2.24) is 4.90 Å². The van der Waals surface area contributed by atoms with Crippen LogP contribution in [0.2, 0.25) is 0 Å². The van der Waals surface area contributed by atoms with Crippen LogP contribution in [0, 0.1) is 0 Å². The van der Waals surface area contributed by atoms with Crippen LogP contribution in [-0.2, 0) is 15.6 Å². The van der Waals surface area contributed by atoms with Gasteiger partial charge in [0.15, 0.2) is 15.4 Å². The zero-order valence-electron chi connectivity index (χ0n) is 14.7. The molecule has 2 aromatic carbocycles. The predicted molar refractivity (Wildman–Crippen MR) is 95.3 cm³/mol. The lowest BCUT2D eigenvalue weighted by atomic mass is 10.0. The number of carbonyl (C=O) groups excluding carboxylic acids is 1. The SMILES string of the molecule is O=C(c1cccc(S(=O)(=O)Cc2ccccc2)c1)N1CC[C@@](O)(C(F)(F)F)C1. The van der Waals surface area contributed by atoms with E-state index >= 15 is 0 Å². The summed E-state index contributed by atoms with van der Waals surface area (Å²) in [6.45, 7) is -1.15. The monoisotopic (exact) mass is 413 g/mol. The maximum atomic E-state index is 12.9. The molecule has 0 spiro atoms. The van der Waals surface area contributed by atoms with Gasteiger partial charge in [-0.25, -0.2) is 8.42 Å². The molecule has 2 aromatic rings. The second-order valence-electron chi connectivity index (χ2n) is 6.78. The van der Waals surface area contributed by atoms with Gasteiger partial charge in [0.2, 0.25) is 0 Å². The standard InChI is InChI=1S/C19H18F3NO4S/c20-19(21,22)18(25)9-10-23(13-18)17(24)15-7-4-8-16(11-15)28(26,27)12-14-5-2-1-3-6-14/h1-8,11,25H,9-10,12-13H2/t18-/m0/s1. The topological polar surface area (TPSA) is 74.7 Å². The number of carbonyl (C=O) groups is 1. The van der Waals surface area contributed by atoms with Crippen LogP contribution in [-0.4, -0.2) is 49.2 Å². The lowest BCUT2D eigenvalue weighted by molar-refractivity contribution is -0.253. The fraction of sp³-hybridized carbons (Fsp3) is 0.316. The van der Waals surface area contributed by atoms with Crippen LogP contribution in [0.3, 0.4) is 0 Å². The number of sulfone groups is 1. The minimum atomic E-state index is -4.84. The quantitative estimate of drug-likeness (QED) is 0.837. The van der Waals surface area contributed by atoms with E-state index < -0.39 is 40.5 Å². The van der Waals surface area contributed by atoms with Crippen LogP contribution in [0.4, 0.5) is 13.2 Å². The summed E-state index contributed by atoms with van der Waals surface area (Å²) in [6.07, 6.45) is -5.46. The Morgan fingerprint density at radius 2 is 1.79 bits per heavy atom. The summed E-state index contributed by atoms with van der Waals surface area (Å²) < 4.78 is 64.1. The normalized spacial score (nSPS) is 20.4. The van der Waals surface area contributed by atoms with E-state index in [9.17, 15) is 31.5 Å². The summed E-state index contributed by atoms with van der Waals surface area (Å²) in [5.74, 6) is -1.01. The third-order valence-electron chi connectivity index (χ3n) is 4.70. The molecule has 5 nitrogen and oxygen atoms in total. The maximum absolute atomic E-state index is 12.9. The first-order chi connectivity index (χ1) is 13.0. The van der Waals surface area contributed by atoms with Crippen molar-refractivity contribution < 1.29 is 31.5 Å². The first kappa shape index (κ1) is 20.3. The molecule has 1 aliphatic rings. The maximum Gasteiger partial charge on any atom is 0.419 e. The molecule has 9 heteroatoms. The molecule has 1 atom stereocenters. The Bertz CT molecular complexity index is 976. The number of β-amino-alcohol motifs (C(OH)–C–C–N with tert-alkyl or cyclic N) is 1. The summed E-state index contributed by atoms with van der Waals surface area (Å²) in [5, 5.41) is 9.73. The van der Waals surface area contributed by atoms with Crippen molar-refractivity contribution in [3.05, 3.63) is 65.7 Å². The van der Waals surface area contributed by atoms with E-state index in [-0.39, 0.29) is 22.8 Å². The highest BCUT2D eigenvalue weighted by Gasteiger charge is 2.57. The van der Waals surface area contributed by atoms with E-state index in [1.807, 2.05) is 0 Å². The molecule has 1 N–H and O–H groups in total. The van der Waals surface area contributed by atoms with Crippen molar-refractivity contribution in [3.8, 4) is 0 Å².